The van der Waals surface area contributed by atoms with Crippen LogP contribution in [0.25, 0.3) is 0 Å². The molecular formula is C16H25N. The third-order valence-corrected chi connectivity index (χ3v) is 4.18. The summed E-state index contributed by atoms with van der Waals surface area (Å²) in [6, 6.07) is 5.42. The van der Waals surface area contributed by atoms with Crippen LogP contribution in [0.4, 0.5) is 0 Å². The third-order valence-electron chi connectivity index (χ3n) is 4.18. The molecule has 0 aliphatic carbocycles. The zero-order chi connectivity index (χ0) is 12.4. The Morgan fingerprint density at radius 1 is 1.18 bits per heavy atom. The van der Waals surface area contributed by atoms with Crippen molar-refractivity contribution in [2.45, 2.75) is 53.0 Å². The Bertz CT molecular complexity index is 372. The van der Waals surface area contributed by atoms with Crippen LogP contribution in [0.1, 0.15) is 42.0 Å². The smallest absolute Gasteiger partial charge is 0.00675 e. The van der Waals surface area contributed by atoms with Crippen LogP contribution < -0.4 is 0 Å². The monoisotopic (exact) mass is 231 g/mol. The van der Waals surface area contributed by atoms with Gasteiger partial charge in [-0.05, 0) is 70.2 Å². The molecule has 0 spiro atoms. The van der Waals surface area contributed by atoms with E-state index >= 15 is 0 Å². The Morgan fingerprint density at radius 3 is 2.35 bits per heavy atom. The van der Waals surface area contributed by atoms with Crippen molar-refractivity contribution >= 4 is 0 Å². The maximum Gasteiger partial charge on any atom is 0.00675 e. The lowest BCUT2D eigenvalue weighted by Gasteiger charge is -2.22. The average molecular weight is 231 g/mol. The zero-order valence-corrected chi connectivity index (χ0v) is 11.7. The summed E-state index contributed by atoms with van der Waals surface area (Å²) >= 11 is 0. The van der Waals surface area contributed by atoms with Crippen LogP contribution in [0.2, 0.25) is 0 Å². The van der Waals surface area contributed by atoms with Crippen molar-refractivity contribution < 1.29 is 0 Å². The summed E-state index contributed by atoms with van der Waals surface area (Å²) in [5.41, 5.74) is 5.89. The van der Waals surface area contributed by atoms with Crippen LogP contribution in [-0.4, -0.2) is 24.0 Å². The van der Waals surface area contributed by atoms with E-state index in [1.54, 1.807) is 5.56 Å². The highest BCUT2D eigenvalue weighted by molar-refractivity contribution is 5.37. The molecule has 94 valence electrons. The second-order valence-electron chi connectivity index (χ2n) is 5.65. The molecular weight excluding hydrogens is 206 g/mol. The average Bonchev–Trinajstić information content (AvgIpc) is 2.62. The van der Waals surface area contributed by atoms with Gasteiger partial charge in [0, 0.05) is 12.6 Å². The van der Waals surface area contributed by atoms with E-state index in [4.69, 9.17) is 0 Å². The van der Waals surface area contributed by atoms with Crippen molar-refractivity contribution in [2.75, 3.05) is 13.1 Å². The standard InChI is InChI=1S/C16H25N/c1-12-10-13(2)16(14(3)11-12)7-9-17-8-5-6-15(17)4/h10-11,15H,5-9H2,1-4H3/t15-/m0/s1. The molecule has 0 amide bonds. The van der Waals surface area contributed by atoms with Crippen LogP contribution in [0.15, 0.2) is 12.1 Å². The van der Waals surface area contributed by atoms with Gasteiger partial charge in [0.15, 0.2) is 0 Å². The molecule has 1 aromatic rings. The van der Waals surface area contributed by atoms with E-state index in [-0.39, 0.29) is 0 Å². The molecule has 2 rings (SSSR count). The van der Waals surface area contributed by atoms with Crippen LogP contribution in [0.3, 0.4) is 0 Å². The third kappa shape index (κ3) is 2.90. The number of hydrogen-bond donors (Lipinski definition) is 0. The fraction of sp³-hybridized carbons (Fsp3) is 0.625. The van der Waals surface area contributed by atoms with Gasteiger partial charge in [-0.2, -0.15) is 0 Å². The number of hydrogen-bond acceptors (Lipinski definition) is 1. The van der Waals surface area contributed by atoms with E-state index in [2.05, 4.69) is 44.7 Å². The molecule has 1 saturated heterocycles. The van der Waals surface area contributed by atoms with Crippen molar-refractivity contribution in [2.24, 2.45) is 0 Å². The largest absolute Gasteiger partial charge is 0.300 e. The summed E-state index contributed by atoms with van der Waals surface area (Å²) in [6.07, 6.45) is 3.97. The minimum atomic E-state index is 0.793. The maximum atomic E-state index is 2.64. The summed E-state index contributed by atoms with van der Waals surface area (Å²) in [4.78, 5) is 2.64. The first kappa shape index (κ1) is 12.6. The van der Waals surface area contributed by atoms with Gasteiger partial charge in [0.1, 0.15) is 0 Å². The topological polar surface area (TPSA) is 3.24 Å². The summed E-state index contributed by atoms with van der Waals surface area (Å²) in [7, 11) is 0. The molecule has 1 heteroatoms. The van der Waals surface area contributed by atoms with Crippen LogP contribution >= 0.6 is 0 Å². The lowest BCUT2D eigenvalue weighted by Crippen LogP contribution is -2.29. The van der Waals surface area contributed by atoms with Gasteiger partial charge >= 0.3 is 0 Å². The summed E-state index contributed by atoms with van der Waals surface area (Å²) in [5, 5.41) is 0. The van der Waals surface area contributed by atoms with E-state index in [1.165, 1.54) is 49.0 Å². The molecule has 1 nitrogen and oxygen atoms in total. The predicted octanol–water partition coefficient (Wildman–Crippen LogP) is 3.64. The van der Waals surface area contributed by atoms with Gasteiger partial charge < -0.3 is 4.90 Å². The lowest BCUT2D eigenvalue weighted by molar-refractivity contribution is 0.272. The Balaban J connectivity index is 2.04. The highest BCUT2D eigenvalue weighted by Gasteiger charge is 2.19. The molecule has 1 aliphatic rings. The first-order valence-electron chi connectivity index (χ1n) is 6.88. The van der Waals surface area contributed by atoms with Crippen LogP contribution in [0.5, 0.6) is 0 Å². The molecule has 0 saturated carbocycles. The molecule has 1 fully saturated rings. The molecule has 0 unspecified atom stereocenters. The summed E-state index contributed by atoms with van der Waals surface area (Å²) < 4.78 is 0. The van der Waals surface area contributed by atoms with Gasteiger partial charge in [-0.3, -0.25) is 0 Å². The summed E-state index contributed by atoms with van der Waals surface area (Å²) in [5.74, 6) is 0. The van der Waals surface area contributed by atoms with Gasteiger partial charge in [0.25, 0.3) is 0 Å². The van der Waals surface area contributed by atoms with E-state index in [1.807, 2.05) is 0 Å². The number of benzene rings is 1. The lowest BCUT2D eigenvalue weighted by atomic mass is 9.97. The van der Waals surface area contributed by atoms with Gasteiger partial charge in [-0.1, -0.05) is 17.7 Å². The van der Waals surface area contributed by atoms with Gasteiger partial charge in [0.2, 0.25) is 0 Å². The van der Waals surface area contributed by atoms with Crippen molar-refractivity contribution in [3.8, 4) is 0 Å². The number of rotatable bonds is 3. The van der Waals surface area contributed by atoms with Crippen LogP contribution in [0, 0.1) is 20.8 Å². The fourth-order valence-electron chi connectivity index (χ4n) is 3.18. The first-order chi connectivity index (χ1) is 8.08. The molecule has 1 atom stereocenters. The normalized spacial score (nSPS) is 21.1. The first-order valence-corrected chi connectivity index (χ1v) is 6.88. The van der Waals surface area contributed by atoms with Crippen molar-refractivity contribution in [3.63, 3.8) is 0 Å². The molecule has 1 aromatic carbocycles. The highest BCUT2D eigenvalue weighted by atomic mass is 15.2. The molecule has 1 aliphatic heterocycles. The Labute approximate surface area is 106 Å². The SMILES string of the molecule is Cc1cc(C)c(CCN2CCC[C@@H]2C)c(C)c1. The zero-order valence-electron chi connectivity index (χ0n) is 11.7. The quantitative estimate of drug-likeness (QED) is 0.767. The maximum absolute atomic E-state index is 2.64. The number of likely N-dealkylation sites (tertiary alicyclic amines) is 1. The van der Waals surface area contributed by atoms with Crippen LogP contribution in [-0.2, 0) is 6.42 Å². The molecule has 17 heavy (non-hydrogen) atoms. The predicted molar refractivity (Wildman–Crippen MR) is 74.6 cm³/mol. The highest BCUT2D eigenvalue weighted by Crippen LogP contribution is 2.20. The second-order valence-corrected chi connectivity index (χ2v) is 5.65. The Hall–Kier alpha value is -0.820. The summed E-state index contributed by atoms with van der Waals surface area (Å²) in [6.45, 7) is 11.6. The number of aryl methyl sites for hydroxylation is 3. The van der Waals surface area contributed by atoms with E-state index in [9.17, 15) is 0 Å². The molecule has 0 radical (unpaired) electrons. The minimum Gasteiger partial charge on any atom is -0.300 e. The number of nitrogens with zero attached hydrogens (tertiary/aromatic N) is 1. The van der Waals surface area contributed by atoms with Crippen molar-refractivity contribution in [3.05, 3.63) is 34.4 Å². The minimum absolute atomic E-state index is 0.793. The van der Waals surface area contributed by atoms with Crippen molar-refractivity contribution in [1.29, 1.82) is 0 Å². The van der Waals surface area contributed by atoms with Gasteiger partial charge in [-0.25, -0.2) is 0 Å². The second kappa shape index (κ2) is 5.22. The van der Waals surface area contributed by atoms with Gasteiger partial charge in [0.05, 0.1) is 0 Å². The van der Waals surface area contributed by atoms with E-state index in [0.717, 1.165) is 6.04 Å². The molecule has 1 heterocycles. The van der Waals surface area contributed by atoms with Gasteiger partial charge in [-0.15, -0.1) is 0 Å². The van der Waals surface area contributed by atoms with E-state index < -0.39 is 0 Å². The molecule has 0 bridgehead atoms. The molecule has 0 N–H and O–H groups in total. The Morgan fingerprint density at radius 2 is 1.82 bits per heavy atom. The fourth-order valence-corrected chi connectivity index (χ4v) is 3.18. The molecule has 0 aromatic heterocycles. The van der Waals surface area contributed by atoms with E-state index in [0.29, 0.717) is 0 Å². The Kier molecular flexibility index (Phi) is 3.88. The van der Waals surface area contributed by atoms with Crippen molar-refractivity contribution in [1.82, 2.24) is 4.90 Å².